The Hall–Kier alpha value is -2.21. The lowest BCUT2D eigenvalue weighted by Crippen LogP contribution is -2.46. The quantitative estimate of drug-likeness (QED) is 0.665. The van der Waals surface area contributed by atoms with Crippen LogP contribution in [0.2, 0.25) is 5.02 Å². The van der Waals surface area contributed by atoms with Crippen LogP contribution in [0.4, 0.5) is 4.79 Å². The number of amides is 2. The van der Waals surface area contributed by atoms with E-state index in [0.29, 0.717) is 40.6 Å². The summed E-state index contributed by atoms with van der Waals surface area (Å²) in [5.74, 6) is 0.129. The van der Waals surface area contributed by atoms with Gasteiger partial charge in [0.15, 0.2) is 0 Å². The normalized spacial score (nSPS) is 16.8. The maximum atomic E-state index is 12.5. The zero-order valence-electron chi connectivity index (χ0n) is 15.4. The van der Waals surface area contributed by atoms with Gasteiger partial charge in [-0.25, -0.2) is 9.59 Å². The van der Waals surface area contributed by atoms with E-state index in [1.807, 2.05) is 13.8 Å². The van der Waals surface area contributed by atoms with Crippen LogP contribution in [0.25, 0.3) is 0 Å². The van der Waals surface area contributed by atoms with Crippen LogP contribution in [0.5, 0.6) is 5.75 Å². The molecule has 0 aromatic heterocycles. The second kappa shape index (κ2) is 9.48. The van der Waals surface area contributed by atoms with Crippen molar-refractivity contribution in [2.24, 2.45) is 0 Å². The molecule has 0 saturated carbocycles. The molecule has 6 nitrogen and oxygen atoms in total. The smallest absolute Gasteiger partial charge is 0.338 e. The number of hydrogen-bond donors (Lipinski definition) is 2. The highest BCUT2D eigenvalue weighted by Gasteiger charge is 2.33. The number of allylic oxidation sites excluding steroid dienone is 1. The molecule has 1 aliphatic rings. The standard InChI is InChI=1S/C19H25ClN2O4/c1-4-7-14-16(18(23)25-6-3)17(22-19(24)21-14)12-8-9-15(13(20)11-12)26-10-5-2/h8-9,11,17H,4-7,10H2,1-3H3,(H2,21,22,24). The van der Waals surface area contributed by atoms with Gasteiger partial charge >= 0.3 is 12.0 Å². The van der Waals surface area contributed by atoms with Gasteiger partial charge in [-0.1, -0.05) is 37.9 Å². The summed E-state index contributed by atoms with van der Waals surface area (Å²) in [4.78, 5) is 24.6. The summed E-state index contributed by atoms with van der Waals surface area (Å²) in [5.41, 5.74) is 1.69. The number of nitrogens with one attached hydrogen (secondary N) is 2. The minimum absolute atomic E-state index is 0.257. The molecule has 142 valence electrons. The van der Waals surface area contributed by atoms with Crippen LogP contribution in [0.1, 0.15) is 51.6 Å². The SMILES string of the molecule is CCCOc1ccc(C2NC(=O)NC(CCC)=C2C(=O)OCC)cc1Cl. The zero-order chi connectivity index (χ0) is 19.1. The lowest BCUT2D eigenvalue weighted by Gasteiger charge is -2.29. The Morgan fingerprint density at radius 2 is 2.00 bits per heavy atom. The molecule has 0 saturated heterocycles. The molecule has 0 radical (unpaired) electrons. The van der Waals surface area contributed by atoms with E-state index in [1.54, 1.807) is 25.1 Å². The van der Waals surface area contributed by atoms with E-state index in [9.17, 15) is 9.59 Å². The Labute approximate surface area is 158 Å². The molecule has 1 unspecified atom stereocenters. The molecule has 0 aliphatic carbocycles. The summed E-state index contributed by atoms with van der Waals surface area (Å²) in [5, 5.41) is 5.96. The van der Waals surface area contributed by atoms with E-state index in [-0.39, 0.29) is 12.6 Å². The predicted molar refractivity (Wildman–Crippen MR) is 100 cm³/mol. The van der Waals surface area contributed by atoms with Gasteiger partial charge in [0.25, 0.3) is 0 Å². The van der Waals surface area contributed by atoms with Crippen molar-refractivity contribution >= 4 is 23.6 Å². The van der Waals surface area contributed by atoms with Gasteiger partial charge in [0.05, 0.1) is 29.9 Å². The number of halogens is 1. The minimum atomic E-state index is -0.623. The van der Waals surface area contributed by atoms with Crippen LogP contribution in [0, 0.1) is 0 Å². The van der Waals surface area contributed by atoms with E-state index < -0.39 is 12.0 Å². The summed E-state index contributed by atoms with van der Waals surface area (Å²) in [6, 6.07) is 4.29. The van der Waals surface area contributed by atoms with Crippen molar-refractivity contribution in [2.45, 2.75) is 46.1 Å². The third kappa shape index (κ3) is 4.69. The molecule has 0 spiro atoms. The van der Waals surface area contributed by atoms with Crippen molar-refractivity contribution < 1.29 is 19.1 Å². The first-order valence-corrected chi connectivity index (χ1v) is 9.29. The Morgan fingerprint density at radius 1 is 1.23 bits per heavy atom. The van der Waals surface area contributed by atoms with Crippen LogP contribution in [0.3, 0.4) is 0 Å². The fraction of sp³-hybridized carbons (Fsp3) is 0.474. The van der Waals surface area contributed by atoms with Gasteiger partial charge in [-0.15, -0.1) is 0 Å². The largest absolute Gasteiger partial charge is 0.492 e. The van der Waals surface area contributed by atoms with Gasteiger partial charge in [0.2, 0.25) is 0 Å². The Morgan fingerprint density at radius 3 is 2.62 bits per heavy atom. The Balaban J connectivity index is 2.43. The molecule has 1 aromatic carbocycles. The number of ether oxygens (including phenoxy) is 2. The summed E-state index contributed by atoms with van der Waals surface area (Å²) < 4.78 is 10.8. The molecule has 2 amide bonds. The summed E-state index contributed by atoms with van der Waals surface area (Å²) in [7, 11) is 0. The van der Waals surface area contributed by atoms with Crippen molar-refractivity contribution in [3.63, 3.8) is 0 Å². The highest BCUT2D eigenvalue weighted by atomic mass is 35.5. The number of carbonyl (C=O) groups excluding carboxylic acids is 2. The van der Waals surface area contributed by atoms with Crippen LogP contribution in [-0.4, -0.2) is 25.2 Å². The first-order valence-electron chi connectivity index (χ1n) is 8.91. The Bertz CT molecular complexity index is 703. The summed E-state index contributed by atoms with van der Waals surface area (Å²) >= 11 is 6.32. The molecule has 7 heteroatoms. The van der Waals surface area contributed by atoms with Crippen molar-refractivity contribution in [1.29, 1.82) is 0 Å². The molecule has 1 atom stereocenters. The van der Waals surface area contributed by atoms with E-state index >= 15 is 0 Å². The third-order valence-corrected chi connectivity index (χ3v) is 4.20. The molecule has 1 heterocycles. The number of carbonyl (C=O) groups is 2. The van der Waals surface area contributed by atoms with Crippen molar-refractivity contribution in [2.75, 3.05) is 13.2 Å². The van der Waals surface area contributed by atoms with Gasteiger partial charge in [0.1, 0.15) is 5.75 Å². The van der Waals surface area contributed by atoms with Crippen LogP contribution in [0.15, 0.2) is 29.5 Å². The molecule has 1 aromatic rings. The average molecular weight is 381 g/mol. The Kier molecular flexibility index (Phi) is 7.33. The van der Waals surface area contributed by atoms with Crippen LogP contribution in [-0.2, 0) is 9.53 Å². The fourth-order valence-corrected chi connectivity index (χ4v) is 3.03. The van der Waals surface area contributed by atoms with Crippen molar-refractivity contribution in [1.82, 2.24) is 10.6 Å². The van der Waals surface area contributed by atoms with Crippen molar-refractivity contribution in [3.05, 3.63) is 40.1 Å². The van der Waals surface area contributed by atoms with Gasteiger partial charge in [-0.3, -0.25) is 0 Å². The molecular weight excluding hydrogens is 356 g/mol. The maximum absolute atomic E-state index is 12.5. The van der Waals surface area contributed by atoms with Crippen molar-refractivity contribution in [3.8, 4) is 5.75 Å². The lowest BCUT2D eigenvalue weighted by atomic mass is 9.93. The molecular formula is C19H25ClN2O4. The molecule has 2 rings (SSSR count). The second-order valence-corrected chi connectivity index (χ2v) is 6.34. The zero-order valence-corrected chi connectivity index (χ0v) is 16.1. The number of urea groups is 1. The first kappa shape index (κ1) is 20.1. The van der Waals surface area contributed by atoms with Gasteiger partial charge in [-0.2, -0.15) is 0 Å². The van der Waals surface area contributed by atoms with Gasteiger partial charge < -0.3 is 20.1 Å². The number of rotatable bonds is 8. The monoisotopic (exact) mass is 380 g/mol. The third-order valence-electron chi connectivity index (χ3n) is 3.90. The average Bonchev–Trinajstić information content (AvgIpc) is 2.60. The molecule has 26 heavy (non-hydrogen) atoms. The van der Waals surface area contributed by atoms with Crippen LogP contribution >= 0.6 is 11.6 Å². The second-order valence-electron chi connectivity index (χ2n) is 5.93. The summed E-state index contributed by atoms with van der Waals surface area (Å²) in [6.07, 6.45) is 2.23. The fourth-order valence-electron chi connectivity index (χ4n) is 2.79. The van der Waals surface area contributed by atoms with E-state index in [0.717, 1.165) is 12.8 Å². The minimum Gasteiger partial charge on any atom is -0.492 e. The van der Waals surface area contributed by atoms with E-state index in [2.05, 4.69) is 10.6 Å². The van der Waals surface area contributed by atoms with E-state index in [4.69, 9.17) is 21.1 Å². The molecule has 2 N–H and O–H groups in total. The topological polar surface area (TPSA) is 76.7 Å². The van der Waals surface area contributed by atoms with Crippen LogP contribution < -0.4 is 15.4 Å². The number of hydrogen-bond acceptors (Lipinski definition) is 4. The molecule has 1 aliphatic heterocycles. The molecule has 0 bridgehead atoms. The molecule has 0 fully saturated rings. The first-order chi connectivity index (χ1) is 12.5. The van der Waals surface area contributed by atoms with E-state index in [1.165, 1.54) is 0 Å². The highest BCUT2D eigenvalue weighted by molar-refractivity contribution is 6.32. The summed E-state index contributed by atoms with van der Waals surface area (Å²) in [6.45, 7) is 6.57. The number of esters is 1. The maximum Gasteiger partial charge on any atom is 0.338 e. The lowest BCUT2D eigenvalue weighted by molar-refractivity contribution is -0.139. The highest BCUT2D eigenvalue weighted by Crippen LogP contribution is 2.34. The predicted octanol–water partition coefficient (Wildman–Crippen LogP) is 4.10. The van der Waals surface area contributed by atoms with Gasteiger partial charge in [-0.05, 0) is 37.5 Å². The van der Waals surface area contributed by atoms with Gasteiger partial charge in [0, 0.05) is 5.70 Å². The number of benzene rings is 1.